The van der Waals surface area contributed by atoms with E-state index in [1.54, 1.807) is 0 Å². The molecule has 1 aromatic carbocycles. The van der Waals surface area contributed by atoms with E-state index in [0.29, 0.717) is 5.92 Å². The summed E-state index contributed by atoms with van der Waals surface area (Å²) in [7, 11) is 0. The Kier molecular flexibility index (Phi) is 3.65. The normalized spacial score (nSPS) is 20.9. The van der Waals surface area contributed by atoms with E-state index in [4.69, 9.17) is 0 Å². The molecule has 0 radical (unpaired) electrons. The van der Waals surface area contributed by atoms with Crippen molar-refractivity contribution in [3.05, 3.63) is 35.9 Å². The predicted molar refractivity (Wildman–Crippen MR) is 67.2 cm³/mol. The van der Waals surface area contributed by atoms with Gasteiger partial charge in [0.1, 0.15) is 0 Å². The van der Waals surface area contributed by atoms with E-state index in [-0.39, 0.29) is 0 Å². The van der Waals surface area contributed by atoms with Gasteiger partial charge >= 0.3 is 0 Å². The summed E-state index contributed by atoms with van der Waals surface area (Å²) >= 11 is 0. The zero-order valence-corrected chi connectivity index (χ0v) is 10.2. The highest BCUT2D eigenvalue weighted by molar-refractivity contribution is 5.23. The minimum atomic E-state index is -0.577. The summed E-state index contributed by atoms with van der Waals surface area (Å²) in [6.07, 6.45) is 6.87. The van der Waals surface area contributed by atoms with Gasteiger partial charge in [0.2, 0.25) is 0 Å². The predicted octanol–water partition coefficient (Wildman–Crippen LogP) is 3.86. The van der Waals surface area contributed by atoms with E-state index in [0.717, 1.165) is 18.4 Å². The number of rotatable bonds is 4. The van der Waals surface area contributed by atoms with Gasteiger partial charge in [-0.1, -0.05) is 56.5 Å². The van der Waals surface area contributed by atoms with Crippen LogP contribution < -0.4 is 0 Å². The van der Waals surface area contributed by atoms with E-state index < -0.39 is 5.60 Å². The first-order valence-corrected chi connectivity index (χ1v) is 6.55. The first-order chi connectivity index (χ1) is 7.77. The molecule has 2 rings (SSSR count). The SMILES string of the molecule is CCCC(O)(c1ccccc1)C1CCCC1. The lowest BCUT2D eigenvalue weighted by Gasteiger charge is -2.34. The molecule has 1 heteroatoms. The van der Waals surface area contributed by atoms with Crippen LogP contribution in [0.15, 0.2) is 30.3 Å². The Morgan fingerprint density at radius 3 is 2.38 bits per heavy atom. The second-order valence-corrected chi connectivity index (χ2v) is 5.02. The second kappa shape index (κ2) is 5.01. The number of hydrogen-bond donors (Lipinski definition) is 1. The van der Waals surface area contributed by atoms with Gasteiger partial charge in [0.15, 0.2) is 0 Å². The van der Waals surface area contributed by atoms with Crippen molar-refractivity contribution in [1.82, 2.24) is 0 Å². The van der Waals surface area contributed by atoms with Crippen molar-refractivity contribution >= 4 is 0 Å². The van der Waals surface area contributed by atoms with Crippen molar-refractivity contribution in [2.75, 3.05) is 0 Å². The van der Waals surface area contributed by atoms with E-state index in [9.17, 15) is 5.11 Å². The number of hydrogen-bond acceptors (Lipinski definition) is 1. The van der Waals surface area contributed by atoms with Gasteiger partial charge in [0.05, 0.1) is 5.60 Å². The maximum atomic E-state index is 11.0. The molecule has 0 spiro atoms. The van der Waals surface area contributed by atoms with Gasteiger partial charge in [-0.15, -0.1) is 0 Å². The van der Waals surface area contributed by atoms with E-state index >= 15 is 0 Å². The van der Waals surface area contributed by atoms with Crippen molar-refractivity contribution in [2.45, 2.75) is 51.0 Å². The molecule has 0 aromatic heterocycles. The summed E-state index contributed by atoms with van der Waals surface area (Å²) in [6, 6.07) is 10.2. The third-order valence-electron chi connectivity index (χ3n) is 3.94. The first-order valence-electron chi connectivity index (χ1n) is 6.55. The highest BCUT2D eigenvalue weighted by Gasteiger charge is 2.38. The molecular formula is C15H22O. The minimum absolute atomic E-state index is 0.467. The topological polar surface area (TPSA) is 20.2 Å². The maximum absolute atomic E-state index is 11.0. The summed E-state index contributed by atoms with van der Waals surface area (Å²) in [6.45, 7) is 2.16. The molecule has 1 aliphatic rings. The second-order valence-electron chi connectivity index (χ2n) is 5.02. The van der Waals surface area contributed by atoms with Gasteiger partial charge in [0.25, 0.3) is 0 Å². The fourth-order valence-corrected chi connectivity index (χ4v) is 3.10. The molecule has 1 fully saturated rings. The Hall–Kier alpha value is -0.820. The van der Waals surface area contributed by atoms with Gasteiger partial charge in [-0.3, -0.25) is 0 Å². The summed E-state index contributed by atoms with van der Waals surface area (Å²) in [4.78, 5) is 0. The van der Waals surface area contributed by atoms with Gasteiger partial charge in [-0.05, 0) is 30.7 Å². The zero-order valence-electron chi connectivity index (χ0n) is 10.2. The molecule has 0 saturated heterocycles. The van der Waals surface area contributed by atoms with Gasteiger partial charge in [0, 0.05) is 0 Å². The summed E-state index contributed by atoms with van der Waals surface area (Å²) in [5.41, 5.74) is 0.538. The molecule has 1 nitrogen and oxygen atoms in total. The first kappa shape index (κ1) is 11.7. The minimum Gasteiger partial charge on any atom is -0.385 e. The van der Waals surface area contributed by atoms with Crippen LogP contribution in [0.25, 0.3) is 0 Å². The van der Waals surface area contributed by atoms with E-state index in [1.165, 1.54) is 25.7 Å². The molecule has 1 unspecified atom stereocenters. The average molecular weight is 218 g/mol. The van der Waals surface area contributed by atoms with Crippen LogP contribution in [0.5, 0.6) is 0 Å². The largest absolute Gasteiger partial charge is 0.385 e. The van der Waals surface area contributed by atoms with Crippen molar-refractivity contribution in [3.8, 4) is 0 Å². The maximum Gasteiger partial charge on any atom is 0.0924 e. The Labute approximate surface area is 98.5 Å². The van der Waals surface area contributed by atoms with Gasteiger partial charge in [-0.2, -0.15) is 0 Å². The Morgan fingerprint density at radius 2 is 1.81 bits per heavy atom. The van der Waals surface area contributed by atoms with Crippen LogP contribution in [0.3, 0.4) is 0 Å². The van der Waals surface area contributed by atoms with E-state index in [1.807, 2.05) is 18.2 Å². The lowest BCUT2D eigenvalue weighted by atomic mass is 9.77. The third kappa shape index (κ3) is 2.15. The van der Waals surface area contributed by atoms with Crippen LogP contribution >= 0.6 is 0 Å². The molecule has 16 heavy (non-hydrogen) atoms. The van der Waals surface area contributed by atoms with Crippen LogP contribution in [0.1, 0.15) is 51.0 Å². The smallest absolute Gasteiger partial charge is 0.0924 e. The number of benzene rings is 1. The molecule has 0 bridgehead atoms. The van der Waals surface area contributed by atoms with Crippen LogP contribution in [-0.4, -0.2) is 5.11 Å². The zero-order chi connectivity index (χ0) is 11.4. The molecular weight excluding hydrogens is 196 g/mol. The average Bonchev–Trinajstić information content (AvgIpc) is 2.84. The highest BCUT2D eigenvalue weighted by Crippen LogP contribution is 2.43. The molecule has 1 saturated carbocycles. The molecule has 1 N–H and O–H groups in total. The monoisotopic (exact) mass is 218 g/mol. The van der Waals surface area contributed by atoms with Crippen molar-refractivity contribution < 1.29 is 5.11 Å². The quantitative estimate of drug-likeness (QED) is 0.813. The van der Waals surface area contributed by atoms with Crippen LogP contribution in [-0.2, 0) is 5.60 Å². The van der Waals surface area contributed by atoms with Crippen LogP contribution in [0.2, 0.25) is 0 Å². The molecule has 1 aromatic rings. The third-order valence-corrected chi connectivity index (χ3v) is 3.94. The molecule has 0 aliphatic heterocycles. The van der Waals surface area contributed by atoms with E-state index in [2.05, 4.69) is 19.1 Å². The summed E-state index contributed by atoms with van der Waals surface area (Å²) in [5, 5.41) is 11.0. The highest BCUT2D eigenvalue weighted by atomic mass is 16.3. The Balaban J connectivity index is 2.27. The lowest BCUT2D eigenvalue weighted by molar-refractivity contribution is -0.0305. The van der Waals surface area contributed by atoms with Crippen molar-refractivity contribution in [1.29, 1.82) is 0 Å². The Bertz CT molecular complexity index is 313. The number of aliphatic hydroxyl groups is 1. The molecule has 0 heterocycles. The standard InChI is InChI=1S/C15H22O/c1-2-12-15(16,14-10-6-7-11-14)13-8-4-3-5-9-13/h3-5,8-9,14,16H,2,6-7,10-12H2,1H3. The van der Waals surface area contributed by atoms with Crippen molar-refractivity contribution in [3.63, 3.8) is 0 Å². The lowest BCUT2D eigenvalue weighted by Crippen LogP contribution is -2.33. The molecule has 88 valence electrons. The molecule has 0 amide bonds. The Morgan fingerprint density at radius 1 is 1.19 bits per heavy atom. The van der Waals surface area contributed by atoms with Crippen LogP contribution in [0.4, 0.5) is 0 Å². The van der Waals surface area contributed by atoms with Crippen molar-refractivity contribution in [2.24, 2.45) is 5.92 Å². The summed E-state index contributed by atoms with van der Waals surface area (Å²) in [5.74, 6) is 0.467. The van der Waals surface area contributed by atoms with Crippen LogP contribution in [0, 0.1) is 5.92 Å². The van der Waals surface area contributed by atoms with Gasteiger partial charge in [-0.25, -0.2) is 0 Å². The molecule has 1 aliphatic carbocycles. The molecule has 1 atom stereocenters. The fourth-order valence-electron chi connectivity index (χ4n) is 3.10. The summed E-state index contributed by atoms with van der Waals surface area (Å²) < 4.78 is 0. The van der Waals surface area contributed by atoms with Gasteiger partial charge < -0.3 is 5.11 Å². The fraction of sp³-hybridized carbons (Fsp3) is 0.600.